The first-order chi connectivity index (χ1) is 12.2. The van der Waals surface area contributed by atoms with E-state index in [2.05, 4.69) is 14.8 Å². The molecule has 0 unspecified atom stereocenters. The van der Waals surface area contributed by atoms with E-state index in [0.29, 0.717) is 28.4 Å². The van der Waals surface area contributed by atoms with Crippen LogP contribution in [-0.2, 0) is 15.4 Å². The van der Waals surface area contributed by atoms with Crippen LogP contribution >= 0.6 is 22.9 Å². The molecule has 4 rings (SSSR count). The Hall–Kier alpha value is -1.95. The highest BCUT2D eigenvalue weighted by Gasteiger charge is 2.62. The van der Waals surface area contributed by atoms with Gasteiger partial charge in [0.2, 0.25) is 5.69 Å². The highest BCUT2D eigenvalue weighted by Crippen LogP contribution is 2.52. The van der Waals surface area contributed by atoms with Gasteiger partial charge in [0.05, 0.1) is 22.2 Å². The lowest BCUT2D eigenvalue weighted by molar-refractivity contribution is 0.520. The van der Waals surface area contributed by atoms with Gasteiger partial charge in [0.1, 0.15) is 16.1 Å². The van der Waals surface area contributed by atoms with Crippen LogP contribution in [0.4, 0.5) is 5.69 Å². The average molecular weight is 407 g/mol. The zero-order valence-corrected chi connectivity index (χ0v) is 16.2. The Bertz CT molecular complexity index is 1100. The molecule has 0 amide bonds. The minimum atomic E-state index is -3.40. The summed E-state index contributed by atoms with van der Waals surface area (Å²) in [5.41, 5.74) is 6.23. The number of nitrogens with zero attached hydrogens (tertiary/aromatic N) is 3. The Labute approximate surface area is 160 Å². The van der Waals surface area contributed by atoms with E-state index in [4.69, 9.17) is 23.9 Å². The molecule has 1 saturated carbocycles. The summed E-state index contributed by atoms with van der Waals surface area (Å²) >= 11 is 7.80. The first-order valence-corrected chi connectivity index (χ1v) is 10.8. The zero-order chi connectivity index (χ0) is 18.7. The molecule has 2 aromatic rings. The Morgan fingerprint density at radius 1 is 1.35 bits per heavy atom. The summed E-state index contributed by atoms with van der Waals surface area (Å²) in [5, 5.41) is 0.444. The topological polar surface area (TPSA) is 89.8 Å². The summed E-state index contributed by atoms with van der Waals surface area (Å²) in [6, 6.07) is 3.49. The maximum absolute atomic E-state index is 12.8. The molecule has 1 aliphatic heterocycles. The van der Waals surface area contributed by atoms with Crippen molar-refractivity contribution in [1.82, 2.24) is 4.98 Å². The molecule has 2 aromatic heterocycles. The summed E-state index contributed by atoms with van der Waals surface area (Å²) < 4.78 is 24.6. The molecule has 1 fully saturated rings. The van der Waals surface area contributed by atoms with Gasteiger partial charge in [-0.05, 0) is 37.5 Å². The van der Waals surface area contributed by atoms with Gasteiger partial charge < -0.3 is 5.73 Å². The lowest BCUT2D eigenvalue weighted by atomic mass is 10.0. The molecule has 1 atom stereocenters. The molecular weight excluding hydrogens is 392 g/mol. The van der Waals surface area contributed by atoms with E-state index in [-0.39, 0.29) is 11.6 Å². The number of sulfone groups is 1. The number of hydrogen-bond acceptors (Lipinski definition) is 6. The molecule has 134 valence electrons. The van der Waals surface area contributed by atoms with Gasteiger partial charge in [-0.25, -0.2) is 13.3 Å². The van der Waals surface area contributed by atoms with Crippen molar-refractivity contribution in [3.8, 4) is 10.4 Å². The summed E-state index contributed by atoms with van der Waals surface area (Å²) in [7, 11) is -3.40. The predicted molar refractivity (Wildman–Crippen MR) is 104 cm³/mol. The number of aliphatic imine (C=N–C) groups is 1. The van der Waals surface area contributed by atoms with Gasteiger partial charge >= 0.3 is 0 Å². The van der Waals surface area contributed by atoms with Gasteiger partial charge in [-0.1, -0.05) is 11.6 Å². The van der Waals surface area contributed by atoms with Crippen molar-refractivity contribution in [3.05, 3.63) is 45.8 Å². The number of amidine groups is 1. The van der Waals surface area contributed by atoms with Crippen molar-refractivity contribution in [1.29, 1.82) is 0 Å². The van der Waals surface area contributed by atoms with Crippen LogP contribution in [-0.4, -0.2) is 29.7 Å². The Morgan fingerprint density at radius 3 is 2.69 bits per heavy atom. The smallest absolute Gasteiger partial charge is 0.205 e. The van der Waals surface area contributed by atoms with Crippen LogP contribution < -0.4 is 5.73 Å². The number of pyridine rings is 1. The minimum Gasteiger partial charge on any atom is -0.386 e. The second-order valence-corrected chi connectivity index (χ2v) is 10.6. The van der Waals surface area contributed by atoms with Crippen LogP contribution in [0.1, 0.15) is 24.6 Å². The molecule has 2 N–H and O–H groups in total. The normalized spacial score (nSPS) is 25.5. The summed E-state index contributed by atoms with van der Waals surface area (Å²) in [4.78, 5) is 13.5. The van der Waals surface area contributed by atoms with Crippen molar-refractivity contribution in [2.24, 2.45) is 10.7 Å². The summed E-state index contributed by atoms with van der Waals surface area (Å²) in [6.07, 6.45) is 4.22. The number of halogens is 1. The Balaban J connectivity index is 1.81. The number of rotatable bonds is 2. The van der Waals surface area contributed by atoms with E-state index in [9.17, 15) is 8.42 Å². The highest BCUT2D eigenvalue weighted by molar-refractivity contribution is 7.94. The van der Waals surface area contributed by atoms with Gasteiger partial charge in [0.25, 0.3) is 0 Å². The Morgan fingerprint density at radius 2 is 2.08 bits per heavy atom. The molecule has 0 radical (unpaired) electrons. The van der Waals surface area contributed by atoms with E-state index in [0.717, 1.165) is 10.4 Å². The van der Waals surface area contributed by atoms with Crippen molar-refractivity contribution in [2.45, 2.75) is 30.1 Å². The first-order valence-electron chi connectivity index (χ1n) is 7.92. The molecule has 2 aliphatic rings. The van der Waals surface area contributed by atoms with E-state index in [1.807, 2.05) is 0 Å². The lowest BCUT2D eigenvalue weighted by Gasteiger charge is -2.33. The van der Waals surface area contributed by atoms with Crippen LogP contribution in [0, 0.1) is 6.57 Å². The SMILES string of the molecule is [C-]#[N+]c1cncc(-c2cc(Cl)c([C@]3(C)CS(=O)(=O)C4(CC4)C(N)=N3)s2)c1. The fourth-order valence-electron chi connectivity index (χ4n) is 3.37. The second-order valence-electron chi connectivity index (χ2n) is 6.86. The van der Waals surface area contributed by atoms with Gasteiger partial charge in [-0.3, -0.25) is 9.98 Å². The fraction of sp³-hybridized carbons (Fsp3) is 0.353. The Kier molecular flexibility index (Phi) is 3.71. The third-order valence-electron chi connectivity index (χ3n) is 4.92. The molecule has 3 heterocycles. The molecule has 0 saturated heterocycles. The van der Waals surface area contributed by atoms with Crippen LogP contribution in [0.2, 0.25) is 5.02 Å². The van der Waals surface area contributed by atoms with E-state index >= 15 is 0 Å². The summed E-state index contributed by atoms with van der Waals surface area (Å²) in [5.74, 6) is 0.0784. The predicted octanol–water partition coefficient (Wildman–Crippen LogP) is 3.55. The molecule has 0 bridgehead atoms. The van der Waals surface area contributed by atoms with Gasteiger partial charge in [-0.15, -0.1) is 11.3 Å². The van der Waals surface area contributed by atoms with Crippen molar-refractivity contribution in [2.75, 3.05) is 5.75 Å². The van der Waals surface area contributed by atoms with Crippen LogP contribution in [0.3, 0.4) is 0 Å². The molecular formula is C17H15ClN4O2S2. The van der Waals surface area contributed by atoms with Crippen molar-refractivity contribution < 1.29 is 8.42 Å². The third-order valence-corrected chi connectivity index (χ3v) is 9.52. The largest absolute Gasteiger partial charge is 0.386 e. The second kappa shape index (κ2) is 5.52. The van der Waals surface area contributed by atoms with Crippen LogP contribution in [0.15, 0.2) is 29.5 Å². The van der Waals surface area contributed by atoms with Crippen molar-refractivity contribution >= 4 is 44.3 Å². The monoisotopic (exact) mass is 406 g/mol. The molecule has 6 nitrogen and oxygen atoms in total. The first kappa shape index (κ1) is 17.5. The molecule has 0 aromatic carbocycles. The standard InChI is InChI=1S/C17H15ClN4O2S2/c1-16(9-26(23,24)17(3-4-17)15(19)22-16)14-12(18)6-13(25-14)10-5-11(20-2)8-21-7-10/h5-8H,3-4,9H2,1H3,(H2,19,22)/t16-/m0/s1. The molecule has 1 spiro atoms. The lowest BCUT2D eigenvalue weighted by Crippen LogP contribution is -2.50. The van der Waals surface area contributed by atoms with E-state index in [1.165, 1.54) is 17.5 Å². The van der Waals surface area contributed by atoms with Crippen LogP contribution in [0.5, 0.6) is 0 Å². The van der Waals surface area contributed by atoms with Crippen molar-refractivity contribution in [3.63, 3.8) is 0 Å². The molecule has 26 heavy (non-hydrogen) atoms. The van der Waals surface area contributed by atoms with Gasteiger partial charge in [0, 0.05) is 17.3 Å². The van der Waals surface area contributed by atoms with Gasteiger partial charge in [0.15, 0.2) is 9.84 Å². The van der Waals surface area contributed by atoms with Crippen LogP contribution in [0.25, 0.3) is 15.3 Å². The number of thiophene rings is 1. The number of nitrogens with two attached hydrogens (primary N) is 1. The van der Waals surface area contributed by atoms with Gasteiger partial charge in [-0.2, -0.15) is 0 Å². The zero-order valence-electron chi connectivity index (χ0n) is 13.9. The number of aromatic nitrogens is 1. The van der Waals surface area contributed by atoms with E-state index in [1.54, 1.807) is 25.3 Å². The third kappa shape index (κ3) is 2.46. The quantitative estimate of drug-likeness (QED) is 0.772. The fourth-order valence-corrected chi connectivity index (χ4v) is 7.38. The van der Waals surface area contributed by atoms with E-state index < -0.39 is 20.1 Å². The highest BCUT2D eigenvalue weighted by atomic mass is 35.5. The molecule has 1 aliphatic carbocycles. The maximum Gasteiger partial charge on any atom is 0.205 e. The minimum absolute atomic E-state index is 0.110. The molecule has 9 heteroatoms. The number of hydrogen-bond donors (Lipinski definition) is 1. The maximum atomic E-state index is 12.8. The average Bonchev–Trinajstić information content (AvgIpc) is 3.31. The summed E-state index contributed by atoms with van der Waals surface area (Å²) in [6.45, 7) is 8.87.